The molecule has 2 unspecified atom stereocenters. The van der Waals surface area contributed by atoms with Crippen LogP contribution < -0.4 is 14.8 Å². The van der Waals surface area contributed by atoms with Crippen LogP contribution in [-0.2, 0) is 14.8 Å². The fourth-order valence-corrected chi connectivity index (χ4v) is 6.75. The first kappa shape index (κ1) is 25.5. The first-order valence-electron chi connectivity index (χ1n) is 11.5. The summed E-state index contributed by atoms with van der Waals surface area (Å²) >= 11 is 1.20. The summed E-state index contributed by atoms with van der Waals surface area (Å²) in [6, 6.07) is 8.87. The van der Waals surface area contributed by atoms with Gasteiger partial charge in [0.2, 0.25) is 5.91 Å². The van der Waals surface area contributed by atoms with Crippen LogP contribution in [0.1, 0.15) is 52.1 Å². The maximum absolute atomic E-state index is 13.2. The Morgan fingerprint density at radius 3 is 2.55 bits per heavy atom. The third kappa shape index (κ3) is 6.07. The number of nitrogens with one attached hydrogen (secondary N) is 1. The minimum absolute atomic E-state index is 0.119. The van der Waals surface area contributed by atoms with Crippen molar-refractivity contribution in [1.29, 1.82) is 0 Å². The molecule has 0 bridgehead atoms. The lowest BCUT2D eigenvalue weighted by atomic mass is 9.93. The molecule has 1 fully saturated rings. The predicted octanol–water partition coefficient (Wildman–Crippen LogP) is 4.46. The van der Waals surface area contributed by atoms with Crippen molar-refractivity contribution in [3.05, 3.63) is 41.3 Å². The Bertz CT molecular complexity index is 1020. The van der Waals surface area contributed by atoms with Crippen molar-refractivity contribution in [3.63, 3.8) is 0 Å². The van der Waals surface area contributed by atoms with E-state index in [0.29, 0.717) is 48.3 Å². The van der Waals surface area contributed by atoms with E-state index >= 15 is 0 Å². The van der Waals surface area contributed by atoms with Gasteiger partial charge in [-0.2, -0.15) is 4.31 Å². The second-order valence-corrected chi connectivity index (χ2v) is 11.5. The lowest BCUT2D eigenvalue weighted by Crippen LogP contribution is -2.46. The molecule has 2 aromatic rings. The Labute approximate surface area is 201 Å². The highest BCUT2D eigenvalue weighted by atomic mass is 32.2. The quantitative estimate of drug-likeness (QED) is 0.527. The molecule has 0 saturated carbocycles. The van der Waals surface area contributed by atoms with E-state index in [1.165, 1.54) is 15.6 Å². The van der Waals surface area contributed by atoms with Gasteiger partial charge in [-0.15, -0.1) is 11.3 Å². The predicted molar refractivity (Wildman–Crippen MR) is 130 cm³/mol. The van der Waals surface area contributed by atoms with Crippen molar-refractivity contribution in [2.75, 3.05) is 26.3 Å². The zero-order chi connectivity index (χ0) is 24.0. The number of hydrogen-bond acceptors (Lipinski definition) is 6. The second-order valence-electron chi connectivity index (χ2n) is 8.44. The van der Waals surface area contributed by atoms with E-state index < -0.39 is 10.0 Å². The number of benzene rings is 1. The van der Waals surface area contributed by atoms with Gasteiger partial charge in [0, 0.05) is 13.1 Å². The molecule has 2 heterocycles. The first-order chi connectivity index (χ1) is 15.8. The van der Waals surface area contributed by atoms with E-state index in [9.17, 15) is 13.2 Å². The van der Waals surface area contributed by atoms with Crippen LogP contribution >= 0.6 is 11.3 Å². The van der Waals surface area contributed by atoms with Gasteiger partial charge in [-0.05, 0) is 61.7 Å². The number of carbonyl (C=O) groups is 1. The summed E-state index contributed by atoms with van der Waals surface area (Å²) in [5.74, 6) is 0.965. The number of ether oxygens (including phenoxy) is 2. The normalized spacial score (nSPS) is 18.2. The van der Waals surface area contributed by atoms with E-state index in [4.69, 9.17) is 9.47 Å². The number of hydrogen-bond donors (Lipinski definition) is 1. The summed E-state index contributed by atoms with van der Waals surface area (Å²) in [6.45, 7) is 9.64. The number of sulfonamides is 1. The number of thiophene rings is 1. The van der Waals surface area contributed by atoms with Crippen molar-refractivity contribution >= 4 is 27.3 Å². The number of nitrogens with zero attached hydrogens (tertiary/aromatic N) is 1. The molecule has 1 saturated heterocycles. The van der Waals surface area contributed by atoms with Crippen LogP contribution in [0.15, 0.2) is 39.9 Å². The molecule has 7 nitrogen and oxygen atoms in total. The average molecular weight is 495 g/mol. The highest BCUT2D eigenvalue weighted by molar-refractivity contribution is 7.91. The van der Waals surface area contributed by atoms with Gasteiger partial charge in [0.25, 0.3) is 10.0 Å². The molecule has 2 atom stereocenters. The minimum atomic E-state index is -3.56. The van der Waals surface area contributed by atoms with Crippen LogP contribution in [-0.4, -0.2) is 44.9 Å². The average Bonchev–Trinajstić information content (AvgIpc) is 3.35. The minimum Gasteiger partial charge on any atom is -0.490 e. The van der Waals surface area contributed by atoms with Gasteiger partial charge in [-0.3, -0.25) is 4.79 Å². The van der Waals surface area contributed by atoms with E-state index in [0.717, 1.165) is 5.56 Å². The monoisotopic (exact) mass is 494 g/mol. The zero-order valence-electron chi connectivity index (χ0n) is 19.7. The second kappa shape index (κ2) is 11.4. The summed E-state index contributed by atoms with van der Waals surface area (Å²) < 4.78 is 39.0. The van der Waals surface area contributed by atoms with Crippen molar-refractivity contribution in [1.82, 2.24) is 9.62 Å². The molecule has 1 aromatic carbocycles. The molecule has 9 heteroatoms. The Kier molecular flexibility index (Phi) is 8.78. The number of rotatable bonds is 10. The summed E-state index contributed by atoms with van der Waals surface area (Å²) in [6.07, 6.45) is 1.33. The summed E-state index contributed by atoms with van der Waals surface area (Å²) in [5.41, 5.74) is 0.934. The molecule has 1 aliphatic rings. The third-order valence-electron chi connectivity index (χ3n) is 5.74. The van der Waals surface area contributed by atoms with E-state index in [-0.39, 0.29) is 30.3 Å². The molecule has 3 rings (SSSR count). The molecule has 0 aliphatic carbocycles. The highest BCUT2D eigenvalue weighted by Gasteiger charge is 2.35. The standard InChI is InChI=1S/C24H34N2O5S2/c1-5-30-20-12-11-18(15-21(20)31-6-2)23(17(3)4)25-24(27)19-9-7-13-26(16-19)33(28,29)22-10-8-14-32-22/h8,10-12,14-15,17,19,23H,5-7,9,13,16H2,1-4H3,(H,25,27). The summed E-state index contributed by atoms with van der Waals surface area (Å²) in [7, 11) is -3.56. The fourth-order valence-electron chi connectivity index (χ4n) is 4.08. The Morgan fingerprint density at radius 1 is 1.18 bits per heavy atom. The van der Waals surface area contributed by atoms with Crippen LogP contribution in [0.4, 0.5) is 0 Å². The molecule has 33 heavy (non-hydrogen) atoms. The van der Waals surface area contributed by atoms with Crippen LogP contribution in [0, 0.1) is 11.8 Å². The van der Waals surface area contributed by atoms with Crippen molar-refractivity contribution in [2.45, 2.75) is 50.8 Å². The van der Waals surface area contributed by atoms with Gasteiger partial charge in [0.15, 0.2) is 11.5 Å². The number of piperidine rings is 1. The van der Waals surface area contributed by atoms with E-state index in [2.05, 4.69) is 19.2 Å². The van der Waals surface area contributed by atoms with Crippen LogP contribution in [0.25, 0.3) is 0 Å². The SMILES string of the molecule is CCOc1ccc(C(NC(=O)C2CCCN(S(=O)(=O)c3cccs3)C2)C(C)C)cc1OCC. The maximum Gasteiger partial charge on any atom is 0.252 e. The summed E-state index contributed by atoms with van der Waals surface area (Å²) in [5, 5.41) is 4.93. The number of amides is 1. The van der Waals surface area contributed by atoms with Crippen LogP contribution in [0.5, 0.6) is 11.5 Å². The van der Waals surface area contributed by atoms with Crippen LogP contribution in [0.3, 0.4) is 0 Å². The molecule has 1 N–H and O–H groups in total. The van der Waals surface area contributed by atoms with Crippen LogP contribution in [0.2, 0.25) is 0 Å². The van der Waals surface area contributed by atoms with Crippen molar-refractivity contribution in [3.8, 4) is 11.5 Å². The molecule has 182 valence electrons. The lowest BCUT2D eigenvalue weighted by molar-refractivity contribution is -0.127. The lowest BCUT2D eigenvalue weighted by Gasteiger charge is -2.32. The van der Waals surface area contributed by atoms with Crippen molar-refractivity contribution in [2.24, 2.45) is 11.8 Å². The summed E-state index contributed by atoms with van der Waals surface area (Å²) in [4.78, 5) is 13.2. The molecule has 0 radical (unpaired) electrons. The molecule has 1 aromatic heterocycles. The smallest absolute Gasteiger partial charge is 0.252 e. The zero-order valence-corrected chi connectivity index (χ0v) is 21.4. The largest absolute Gasteiger partial charge is 0.490 e. The Morgan fingerprint density at radius 2 is 1.91 bits per heavy atom. The van der Waals surface area contributed by atoms with E-state index in [1.54, 1.807) is 17.5 Å². The van der Waals surface area contributed by atoms with Gasteiger partial charge in [-0.1, -0.05) is 26.0 Å². The molecular weight excluding hydrogens is 460 g/mol. The highest BCUT2D eigenvalue weighted by Crippen LogP contribution is 2.33. The topological polar surface area (TPSA) is 84.9 Å². The molecular formula is C24H34N2O5S2. The third-order valence-corrected chi connectivity index (χ3v) is 8.97. The van der Waals surface area contributed by atoms with Gasteiger partial charge < -0.3 is 14.8 Å². The van der Waals surface area contributed by atoms with Gasteiger partial charge in [0.05, 0.1) is 25.2 Å². The van der Waals surface area contributed by atoms with E-state index in [1.807, 2.05) is 32.0 Å². The molecule has 0 spiro atoms. The van der Waals surface area contributed by atoms with Gasteiger partial charge in [0.1, 0.15) is 4.21 Å². The Balaban J connectivity index is 1.76. The Hall–Kier alpha value is -2.10. The maximum atomic E-state index is 13.2. The van der Waals surface area contributed by atoms with Crippen molar-refractivity contribution < 1.29 is 22.7 Å². The molecule has 1 aliphatic heterocycles. The first-order valence-corrected chi connectivity index (χ1v) is 13.8. The van der Waals surface area contributed by atoms with Gasteiger partial charge >= 0.3 is 0 Å². The molecule has 1 amide bonds. The fraction of sp³-hybridized carbons (Fsp3) is 0.542. The number of carbonyl (C=O) groups excluding carboxylic acids is 1. The van der Waals surface area contributed by atoms with Gasteiger partial charge in [-0.25, -0.2) is 8.42 Å².